The Labute approximate surface area is 93.6 Å². The van der Waals surface area contributed by atoms with Crippen LogP contribution >= 0.6 is 0 Å². The van der Waals surface area contributed by atoms with E-state index in [-0.39, 0.29) is 11.4 Å². The summed E-state index contributed by atoms with van der Waals surface area (Å²) >= 11 is 0. The van der Waals surface area contributed by atoms with Crippen molar-refractivity contribution in [1.82, 2.24) is 5.32 Å². The number of aromatic hydroxyl groups is 1. The van der Waals surface area contributed by atoms with E-state index in [1.165, 1.54) is 19.2 Å². The fraction of sp³-hybridized carbons (Fsp3) is 0.455. The van der Waals surface area contributed by atoms with Crippen molar-refractivity contribution in [2.24, 2.45) is 0 Å². The van der Waals surface area contributed by atoms with Crippen LogP contribution < -0.4 is 15.0 Å². The first kappa shape index (κ1) is 11.0. The van der Waals surface area contributed by atoms with E-state index >= 15 is 0 Å². The molecule has 16 heavy (non-hydrogen) atoms. The van der Waals surface area contributed by atoms with Crippen molar-refractivity contribution in [2.75, 3.05) is 38.2 Å². The molecule has 2 rings (SSSR count). The smallest absolute Gasteiger partial charge is 0.154 e. The summed E-state index contributed by atoms with van der Waals surface area (Å²) in [5, 5.41) is 12.9. The third-order valence-electron chi connectivity index (χ3n) is 2.69. The molecule has 0 spiro atoms. The maximum atomic E-state index is 13.8. The number of nitrogens with zero attached hydrogens (tertiary/aromatic N) is 1. The van der Waals surface area contributed by atoms with Gasteiger partial charge in [-0.3, -0.25) is 0 Å². The topological polar surface area (TPSA) is 44.7 Å². The van der Waals surface area contributed by atoms with Crippen molar-refractivity contribution < 1.29 is 14.2 Å². The van der Waals surface area contributed by atoms with Crippen molar-refractivity contribution in [3.05, 3.63) is 17.9 Å². The number of benzene rings is 1. The number of hydrogen-bond acceptors (Lipinski definition) is 4. The first-order chi connectivity index (χ1) is 7.72. The Morgan fingerprint density at radius 2 is 2.06 bits per heavy atom. The predicted molar refractivity (Wildman–Crippen MR) is 59.7 cm³/mol. The van der Waals surface area contributed by atoms with Gasteiger partial charge in [-0.2, -0.15) is 0 Å². The highest BCUT2D eigenvalue weighted by Gasteiger charge is 2.19. The van der Waals surface area contributed by atoms with E-state index in [1.807, 2.05) is 4.90 Å². The van der Waals surface area contributed by atoms with E-state index in [0.717, 1.165) is 13.1 Å². The standard InChI is InChI=1S/C11H15FN2O2/c1-16-8-6-9(12)11(10(15)7-8)14-4-2-13-3-5-14/h6-7,13,15H,2-5H2,1H3. The lowest BCUT2D eigenvalue weighted by Crippen LogP contribution is -2.43. The number of rotatable bonds is 2. The van der Waals surface area contributed by atoms with Gasteiger partial charge in [0.2, 0.25) is 0 Å². The van der Waals surface area contributed by atoms with Crippen LogP contribution in [0.15, 0.2) is 12.1 Å². The highest BCUT2D eigenvalue weighted by Crippen LogP contribution is 2.34. The molecule has 88 valence electrons. The molecule has 1 heterocycles. The average molecular weight is 226 g/mol. The third-order valence-corrected chi connectivity index (χ3v) is 2.69. The van der Waals surface area contributed by atoms with Crippen molar-refractivity contribution in [1.29, 1.82) is 0 Å². The van der Waals surface area contributed by atoms with Crippen LogP contribution in [0.4, 0.5) is 10.1 Å². The summed E-state index contributed by atoms with van der Waals surface area (Å²) in [5.74, 6) is -0.189. The Balaban J connectivity index is 2.32. The number of halogens is 1. The number of nitrogens with one attached hydrogen (secondary N) is 1. The Hall–Kier alpha value is -1.49. The SMILES string of the molecule is COc1cc(O)c(N2CCNCC2)c(F)c1. The summed E-state index contributed by atoms with van der Waals surface area (Å²) < 4.78 is 18.7. The Morgan fingerprint density at radius 3 is 2.62 bits per heavy atom. The number of methoxy groups -OCH3 is 1. The second-order valence-electron chi connectivity index (χ2n) is 3.71. The van der Waals surface area contributed by atoms with Crippen molar-refractivity contribution in [3.63, 3.8) is 0 Å². The Morgan fingerprint density at radius 1 is 1.38 bits per heavy atom. The Kier molecular flexibility index (Phi) is 3.14. The molecule has 1 aromatic rings. The summed E-state index contributed by atoms with van der Waals surface area (Å²) in [6.45, 7) is 2.98. The minimum atomic E-state index is -0.446. The van der Waals surface area contributed by atoms with Crippen LogP contribution in [0.1, 0.15) is 0 Å². The predicted octanol–water partition coefficient (Wildman–Crippen LogP) is 0.949. The summed E-state index contributed by atoms with van der Waals surface area (Å²) in [5.41, 5.74) is 0.266. The van der Waals surface area contributed by atoms with Crippen LogP contribution in [0.3, 0.4) is 0 Å². The molecule has 0 aliphatic carbocycles. The van der Waals surface area contributed by atoms with Gasteiger partial charge >= 0.3 is 0 Å². The molecule has 5 heteroatoms. The summed E-state index contributed by atoms with van der Waals surface area (Å²) in [6, 6.07) is 2.72. The van der Waals surface area contributed by atoms with Gasteiger partial charge in [0, 0.05) is 38.3 Å². The number of ether oxygens (including phenoxy) is 1. The van der Waals surface area contributed by atoms with Crippen molar-refractivity contribution >= 4 is 5.69 Å². The molecule has 0 amide bonds. The summed E-state index contributed by atoms with van der Waals surface area (Å²) in [4.78, 5) is 1.83. The fourth-order valence-electron chi connectivity index (χ4n) is 1.88. The van der Waals surface area contributed by atoms with E-state index in [9.17, 15) is 9.50 Å². The molecule has 1 aliphatic heterocycles. The molecule has 1 aliphatic rings. The third kappa shape index (κ3) is 2.04. The quantitative estimate of drug-likeness (QED) is 0.788. The second-order valence-corrected chi connectivity index (χ2v) is 3.71. The molecule has 1 saturated heterocycles. The maximum absolute atomic E-state index is 13.8. The van der Waals surface area contributed by atoms with Crippen LogP contribution in [-0.4, -0.2) is 38.4 Å². The van der Waals surface area contributed by atoms with Crippen LogP contribution in [-0.2, 0) is 0 Å². The van der Waals surface area contributed by atoms with Gasteiger partial charge in [0.25, 0.3) is 0 Å². The molecule has 0 saturated carbocycles. The molecule has 1 fully saturated rings. The number of phenols is 1. The Bertz CT molecular complexity index is 355. The fourth-order valence-corrected chi connectivity index (χ4v) is 1.88. The second kappa shape index (κ2) is 4.57. The zero-order valence-electron chi connectivity index (χ0n) is 9.16. The number of phenolic OH excluding ortho intramolecular Hbond substituents is 1. The molecular formula is C11H15FN2O2. The highest BCUT2D eigenvalue weighted by atomic mass is 19.1. The zero-order chi connectivity index (χ0) is 11.5. The van der Waals surface area contributed by atoms with E-state index in [0.29, 0.717) is 18.8 Å². The van der Waals surface area contributed by atoms with Crippen LogP contribution in [0.5, 0.6) is 11.5 Å². The molecular weight excluding hydrogens is 211 g/mol. The molecule has 1 aromatic carbocycles. The van der Waals surface area contributed by atoms with Gasteiger partial charge in [-0.15, -0.1) is 0 Å². The van der Waals surface area contributed by atoms with Crippen molar-refractivity contribution in [3.8, 4) is 11.5 Å². The normalized spacial score (nSPS) is 16.2. The van der Waals surface area contributed by atoms with Gasteiger partial charge in [-0.1, -0.05) is 0 Å². The lowest BCUT2D eigenvalue weighted by molar-refractivity contribution is 0.401. The van der Waals surface area contributed by atoms with Gasteiger partial charge in [0.15, 0.2) is 5.82 Å². The number of piperazine rings is 1. The molecule has 0 bridgehead atoms. The maximum Gasteiger partial charge on any atom is 0.154 e. The monoisotopic (exact) mass is 226 g/mol. The largest absolute Gasteiger partial charge is 0.506 e. The molecule has 0 unspecified atom stereocenters. The van der Waals surface area contributed by atoms with E-state index in [4.69, 9.17) is 4.74 Å². The zero-order valence-corrected chi connectivity index (χ0v) is 9.16. The van der Waals surface area contributed by atoms with Crippen LogP contribution in [0.25, 0.3) is 0 Å². The molecule has 2 N–H and O–H groups in total. The molecule has 0 aromatic heterocycles. The lowest BCUT2D eigenvalue weighted by Gasteiger charge is -2.30. The highest BCUT2D eigenvalue weighted by molar-refractivity contribution is 5.61. The van der Waals surface area contributed by atoms with Gasteiger partial charge in [0.05, 0.1) is 7.11 Å². The molecule has 0 atom stereocenters. The van der Waals surface area contributed by atoms with Gasteiger partial charge in [-0.05, 0) is 0 Å². The summed E-state index contributed by atoms with van der Waals surface area (Å²) in [6.07, 6.45) is 0. The van der Waals surface area contributed by atoms with E-state index in [2.05, 4.69) is 5.32 Å². The van der Waals surface area contributed by atoms with Gasteiger partial charge in [-0.25, -0.2) is 4.39 Å². The van der Waals surface area contributed by atoms with Gasteiger partial charge < -0.3 is 20.1 Å². The molecule has 0 radical (unpaired) electrons. The minimum absolute atomic E-state index is 0.0706. The number of anilines is 1. The van der Waals surface area contributed by atoms with E-state index in [1.54, 1.807) is 0 Å². The minimum Gasteiger partial charge on any atom is -0.506 e. The van der Waals surface area contributed by atoms with Crippen LogP contribution in [0.2, 0.25) is 0 Å². The number of hydrogen-bond donors (Lipinski definition) is 2. The van der Waals surface area contributed by atoms with Crippen LogP contribution in [0, 0.1) is 5.82 Å². The first-order valence-electron chi connectivity index (χ1n) is 5.24. The van der Waals surface area contributed by atoms with E-state index < -0.39 is 5.82 Å². The molecule has 4 nitrogen and oxygen atoms in total. The average Bonchev–Trinajstić information content (AvgIpc) is 2.29. The lowest BCUT2D eigenvalue weighted by atomic mass is 10.2. The first-order valence-corrected chi connectivity index (χ1v) is 5.24. The van der Waals surface area contributed by atoms with Crippen molar-refractivity contribution in [2.45, 2.75) is 0 Å². The summed E-state index contributed by atoms with van der Waals surface area (Å²) in [7, 11) is 1.44. The van der Waals surface area contributed by atoms with Gasteiger partial charge in [0.1, 0.15) is 17.2 Å².